The third-order valence-electron chi connectivity index (χ3n) is 9.74. The standard InChI is InChI=1S/C21H20F3N5O.C17H13F3N4O2.C4H9N/c22-21(23,24)17-9-7-15(8-10-17)13-16-5-1-2-6-18(16)20-25-27-29(26-20)14-19(30)28-11-3-4-12-28;18-17(19,20)13-7-5-11(6-8-13)9-12-3-1-2-4-14(12)16-21-23-24(22-16)10-15(25)26;1-2-4-5-3-1/h1-2,5-10H,3-4,11-14H2;1-8H,9-10H2,(H,25,26);5H,1-4H2. The molecule has 1 amide bonds. The number of hydrogen-bond acceptors (Lipinski definition) is 9. The number of carboxylic acid groups (broad SMARTS) is 1. The molecule has 6 aromatic rings. The number of carbonyl (C=O) groups is 2. The van der Waals surface area contributed by atoms with Crippen molar-refractivity contribution in [3.8, 4) is 22.8 Å². The van der Waals surface area contributed by atoms with Crippen LogP contribution in [-0.2, 0) is 47.9 Å². The summed E-state index contributed by atoms with van der Waals surface area (Å²) in [5, 5.41) is 36.0. The Kier molecular flexibility index (Phi) is 14.6. The highest BCUT2D eigenvalue weighted by Crippen LogP contribution is 2.31. The Balaban J connectivity index is 0.000000184. The van der Waals surface area contributed by atoms with Crippen LogP contribution in [0.1, 0.15) is 59.1 Å². The van der Waals surface area contributed by atoms with Crippen LogP contribution in [0.5, 0.6) is 0 Å². The molecular formula is C42H42F6N10O3. The maximum absolute atomic E-state index is 12.8. The molecule has 2 saturated heterocycles. The number of alkyl halides is 6. The zero-order valence-electron chi connectivity index (χ0n) is 32.8. The molecule has 2 N–H and O–H groups in total. The third kappa shape index (κ3) is 12.7. The van der Waals surface area contributed by atoms with Gasteiger partial charge in [-0.3, -0.25) is 9.59 Å². The van der Waals surface area contributed by atoms with Crippen molar-refractivity contribution in [2.45, 2.75) is 64.0 Å². The van der Waals surface area contributed by atoms with Gasteiger partial charge in [0, 0.05) is 24.2 Å². The number of aromatic nitrogens is 8. The molecule has 8 rings (SSSR count). The fourth-order valence-electron chi connectivity index (χ4n) is 6.62. The molecule has 13 nitrogen and oxygen atoms in total. The lowest BCUT2D eigenvalue weighted by Gasteiger charge is -2.13. The molecule has 0 unspecified atom stereocenters. The lowest BCUT2D eigenvalue weighted by molar-refractivity contribution is -0.139. The number of carbonyl (C=O) groups excluding carboxylic acids is 1. The monoisotopic (exact) mass is 848 g/mol. The molecule has 2 aliphatic heterocycles. The predicted molar refractivity (Wildman–Crippen MR) is 211 cm³/mol. The Hall–Kier alpha value is -6.50. The molecule has 0 bridgehead atoms. The Morgan fingerprint density at radius 1 is 0.590 bits per heavy atom. The van der Waals surface area contributed by atoms with E-state index < -0.39 is 36.0 Å². The minimum Gasteiger partial charge on any atom is -0.480 e. The second-order valence-corrected chi connectivity index (χ2v) is 14.3. The van der Waals surface area contributed by atoms with Crippen LogP contribution in [-0.4, -0.2) is 88.5 Å². The van der Waals surface area contributed by atoms with Gasteiger partial charge in [0.2, 0.25) is 17.6 Å². The van der Waals surface area contributed by atoms with Gasteiger partial charge in [0.05, 0.1) is 11.1 Å². The zero-order valence-corrected chi connectivity index (χ0v) is 32.8. The fourth-order valence-corrected chi connectivity index (χ4v) is 6.62. The first-order chi connectivity index (χ1) is 29.2. The number of halogens is 6. The van der Waals surface area contributed by atoms with Crippen molar-refractivity contribution < 1.29 is 41.0 Å². The van der Waals surface area contributed by atoms with Crippen molar-refractivity contribution in [2.24, 2.45) is 0 Å². The van der Waals surface area contributed by atoms with Crippen molar-refractivity contribution in [1.82, 2.24) is 50.6 Å². The van der Waals surface area contributed by atoms with Crippen LogP contribution < -0.4 is 5.32 Å². The van der Waals surface area contributed by atoms with Crippen LogP contribution in [0.2, 0.25) is 0 Å². The van der Waals surface area contributed by atoms with E-state index in [9.17, 15) is 35.9 Å². The summed E-state index contributed by atoms with van der Waals surface area (Å²) in [6.45, 7) is 3.65. The first-order valence-electron chi connectivity index (χ1n) is 19.5. The van der Waals surface area contributed by atoms with Crippen LogP contribution in [0.3, 0.4) is 0 Å². The normalized spacial score (nSPS) is 13.9. The van der Waals surface area contributed by atoms with Gasteiger partial charge >= 0.3 is 18.3 Å². The topological polar surface area (TPSA) is 157 Å². The first kappa shape index (κ1) is 44.1. The molecule has 0 atom stereocenters. The van der Waals surface area contributed by atoms with Crippen molar-refractivity contribution in [1.29, 1.82) is 0 Å². The van der Waals surface area contributed by atoms with E-state index in [4.69, 9.17) is 5.11 Å². The van der Waals surface area contributed by atoms with E-state index in [1.807, 2.05) is 30.3 Å². The molecule has 2 aromatic heterocycles. The van der Waals surface area contributed by atoms with Gasteiger partial charge in [-0.2, -0.15) is 35.9 Å². The first-order valence-corrected chi connectivity index (χ1v) is 19.5. The second kappa shape index (κ2) is 20.2. The van der Waals surface area contributed by atoms with Gasteiger partial charge in [-0.15, -0.1) is 20.4 Å². The van der Waals surface area contributed by atoms with E-state index in [0.717, 1.165) is 77.2 Å². The number of likely N-dealkylation sites (tertiary alicyclic amines) is 1. The number of nitrogens with zero attached hydrogens (tertiary/aromatic N) is 9. The maximum Gasteiger partial charge on any atom is 0.416 e. The van der Waals surface area contributed by atoms with Crippen molar-refractivity contribution in [3.05, 3.63) is 130 Å². The molecule has 4 heterocycles. The highest BCUT2D eigenvalue weighted by molar-refractivity contribution is 5.76. The van der Waals surface area contributed by atoms with E-state index in [1.165, 1.54) is 55.0 Å². The van der Waals surface area contributed by atoms with E-state index in [0.29, 0.717) is 29.8 Å². The largest absolute Gasteiger partial charge is 0.480 e. The summed E-state index contributed by atoms with van der Waals surface area (Å²) in [6.07, 6.45) is -3.12. The average Bonchev–Trinajstić information content (AvgIpc) is 4.08. The number of carboxylic acids is 1. The fraction of sp³-hybridized carbons (Fsp3) is 0.333. The summed E-state index contributed by atoms with van der Waals surface area (Å²) in [4.78, 5) is 27.0. The van der Waals surface area contributed by atoms with Crippen LogP contribution in [0, 0.1) is 0 Å². The number of hydrogen-bond donors (Lipinski definition) is 2. The molecule has 4 aromatic carbocycles. The Morgan fingerprint density at radius 2 is 1.02 bits per heavy atom. The van der Waals surface area contributed by atoms with Crippen LogP contribution in [0.25, 0.3) is 22.8 Å². The van der Waals surface area contributed by atoms with E-state index >= 15 is 0 Å². The minimum atomic E-state index is -4.37. The van der Waals surface area contributed by atoms with Crippen molar-refractivity contribution in [2.75, 3.05) is 26.2 Å². The van der Waals surface area contributed by atoms with Crippen molar-refractivity contribution >= 4 is 11.9 Å². The number of benzene rings is 4. The molecule has 320 valence electrons. The summed E-state index contributed by atoms with van der Waals surface area (Å²) >= 11 is 0. The van der Waals surface area contributed by atoms with Gasteiger partial charge in [-0.1, -0.05) is 72.8 Å². The maximum atomic E-state index is 12.8. The smallest absolute Gasteiger partial charge is 0.416 e. The Labute approximate surface area is 346 Å². The number of amides is 1. The van der Waals surface area contributed by atoms with E-state index in [-0.39, 0.29) is 18.3 Å². The Bertz CT molecular complexity index is 2350. The minimum absolute atomic E-state index is 0.0329. The summed E-state index contributed by atoms with van der Waals surface area (Å²) in [6, 6.07) is 24.6. The molecule has 0 aliphatic carbocycles. The molecule has 0 saturated carbocycles. The number of tetrazole rings is 2. The predicted octanol–water partition coefficient (Wildman–Crippen LogP) is 6.98. The number of aliphatic carboxylic acids is 1. The van der Waals surface area contributed by atoms with E-state index in [2.05, 4.69) is 36.1 Å². The van der Waals surface area contributed by atoms with Crippen LogP contribution in [0.4, 0.5) is 26.3 Å². The molecule has 61 heavy (non-hydrogen) atoms. The Morgan fingerprint density at radius 3 is 1.41 bits per heavy atom. The van der Waals surface area contributed by atoms with Gasteiger partial charge in [-0.05, 0) is 109 Å². The summed E-state index contributed by atoms with van der Waals surface area (Å²) in [5.41, 5.74) is 3.10. The van der Waals surface area contributed by atoms with Gasteiger partial charge in [-0.25, -0.2) is 0 Å². The number of rotatable bonds is 10. The summed E-state index contributed by atoms with van der Waals surface area (Å²) < 4.78 is 76.3. The lowest BCUT2D eigenvalue weighted by Crippen LogP contribution is -2.31. The number of nitrogens with one attached hydrogen (secondary N) is 1. The molecule has 2 aliphatic rings. The van der Waals surface area contributed by atoms with Gasteiger partial charge in [0.15, 0.2) is 6.54 Å². The van der Waals surface area contributed by atoms with Gasteiger partial charge < -0.3 is 15.3 Å². The quantitative estimate of drug-likeness (QED) is 0.138. The van der Waals surface area contributed by atoms with Crippen LogP contribution >= 0.6 is 0 Å². The van der Waals surface area contributed by atoms with Gasteiger partial charge in [0.1, 0.15) is 6.54 Å². The molecule has 2 fully saturated rings. The second-order valence-electron chi connectivity index (χ2n) is 14.3. The average molecular weight is 849 g/mol. The molecule has 0 spiro atoms. The summed E-state index contributed by atoms with van der Waals surface area (Å²) in [7, 11) is 0. The highest BCUT2D eigenvalue weighted by Gasteiger charge is 2.31. The molecule has 19 heteroatoms. The molecule has 0 radical (unpaired) electrons. The third-order valence-corrected chi connectivity index (χ3v) is 9.74. The summed E-state index contributed by atoms with van der Waals surface area (Å²) in [5.74, 6) is -0.484. The van der Waals surface area contributed by atoms with Crippen LogP contribution in [0.15, 0.2) is 97.1 Å². The lowest BCUT2D eigenvalue weighted by atomic mass is 9.98. The highest BCUT2D eigenvalue weighted by atomic mass is 19.4. The zero-order chi connectivity index (χ0) is 43.4. The SMILES string of the molecule is C1CCNC1.O=C(Cn1nnc(-c2ccccc2Cc2ccc(C(F)(F)F)cc2)n1)N1CCCC1.O=C(O)Cn1nnc(-c2ccccc2Cc2ccc(C(F)(F)F)cc2)n1. The molecular weight excluding hydrogens is 807 g/mol. The van der Waals surface area contributed by atoms with Gasteiger partial charge in [0.25, 0.3) is 0 Å². The van der Waals surface area contributed by atoms with Crippen molar-refractivity contribution in [3.63, 3.8) is 0 Å². The van der Waals surface area contributed by atoms with E-state index in [1.54, 1.807) is 23.1 Å².